The highest BCUT2D eigenvalue weighted by Gasteiger charge is 2.38. The van der Waals surface area contributed by atoms with Gasteiger partial charge in [-0.25, -0.2) is 8.42 Å². The fourth-order valence-corrected chi connectivity index (χ4v) is 7.32. The Hall–Kier alpha value is 0.430. The molecule has 0 aromatic rings. The van der Waals surface area contributed by atoms with E-state index in [1.807, 2.05) is 0 Å². The SMILES string of the molecule is O=S(=O)(CC1(CBr)CCCCCC1)C1CCCCC1. The molecule has 0 saturated heterocycles. The van der Waals surface area contributed by atoms with E-state index in [9.17, 15) is 8.42 Å². The Balaban J connectivity index is 2.07. The van der Waals surface area contributed by atoms with Crippen LogP contribution in [-0.4, -0.2) is 24.8 Å². The van der Waals surface area contributed by atoms with Gasteiger partial charge < -0.3 is 0 Å². The third kappa shape index (κ3) is 4.20. The molecular weight excluding hydrogens is 324 g/mol. The zero-order valence-electron chi connectivity index (χ0n) is 11.9. The van der Waals surface area contributed by atoms with Gasteiger partial charge in [0.25, 0.3) is 0 Å². The van der Waals surface area contributed by atoms with Crippen molar-refractivity contribution in [2.24, 2.45) is 5.41 Å². The lowest BCUT2D eigenvalue weighted by Gasteiger charge is -2.33. The molecule has 19 heavy (non-hydrogen) atoms. The fourth-order valence-electron chi connectivity index (χ4n) is 3.76. The molecule has 2 saturated carbocycles. The number of rotatable bonds is 4. The van der Waals surface area contributed by atoms with Crippen molar-refractivity contribution in [3.8, 4) is 0 Å². The van der Waals surface area contributed by atoms with E-state index in [0.717, 1.165) is 43.9 Å². The maximum absolute atomic E-state index is 12.7. The maximum atomic E-state index is 12.7. The molecular formula is C15H27BrO2S. The summed E-state index contributed by atoms with van der Waals surface area (Å²) >= 11 is 3.62. The van der Waals surface area contributed by atoms with E-state index in [2.05, 4.69) is 15.9 Å². The molecule has 0 amide bonds. The lowest BCUT2D eigenvalue weighted by atomic mass is 9.85. The highest BCUT2D eigenvalue weighted by molar-refractivity contribution is 9.09. The molecule has 112 valence electrons. The van der Waals surface area contributed by atoms with Crippen LogP contribution < -0.4 is 0 Å². The molecule has 2 rings (SSSR count). The Kier molecular flexibility index (Phi) is 5.77. The molecule has 4 heteroatoms. The highest BCUT2D eigenvalue weighted by atomic mass is 79.9. The normalized spacial score (nSPS) is 25.9. The minimum absolute atomic E-state index is 0.0206. The van der Waals surface area contributed by atoms with Gasteiger partial charge in [-0.15, -0.1) is 0 Å². The first-order chi connectivity index (χ1) is 9.08. The van der Waals surface area contributed by atoms with Crippen molar-refractivity contribution in [2.75, 3.05) is 11.1 Å². The summed E-state index contributed by atoms with van der Waals surface area (Å²) in [4.78, 5) is 0. The van der Waals surface area contributed by atoms with Gasteiger partial charge in [0.05, 0.1) is 11.0 Å². The van der Waals surface area contributed by atoms with Gasteiger partial charge >= 0.3 is 0 Å². The van der Waals surface area contributed by atoms with Crippen molar-refractivity contribution in [2.45, 2.75) is 75.9 Å². The second-order valence-corrected chi connectivity index (χ2v) is 9.46. The Labute approximate surface area is 126 Å². The van der Waals surface area contributed by atoms with Crippen LogP contribution in [0.2, 0.25) is 0 Å². The minimum Gasteiger partial charge on any atom is -0.229 e. The van der Waals surface area contributed by atoms with Crippen LogP contribution >= 0.6 is 15.9 Å². The van der Waals surface area contributed by atoms with Crippen molar-refractivity contribution >= 4 is 25.8 Å². The highest BCUT2D eigenvalue weighted by Crippen LogP contribution is 2.39. The van der Waals surface area contributed by atoms with Crippen LogP contribution in [0.3, 0.4) is 0 Å². The molecule has 2 aliphatic carbocycles. The minimum atomic E-state index is -2.90. The van der Waals surface area contributed by atoms with Crippen LogP contribution in [-0.2, 0) is 9.84 Å². The van der Waals surface area contributed by atoms with Crippen LogP contribution in [0.15, 0.2) is 0 Å². The standard InChI is InChI=1S/C15H27BrO2S/c16-12-15(10-6-1-2-7-11-15)13-19(17,18)14-8-4-3-5-9-14/h14H,1-13H2. The van der Waals surface area contributed by atoms with E-state index < -0.39 is 9.84 Å². The van der Waals surface area contributed by atoms with Crippen molar-refractivity contribution < 1.29 is 8.42 Å². The first-order valence-corrected chi connectivity index (χ1v) is 10.7. The van der Waals surface area contributed by atoms with E-state index in [0.29, 0.717) is 5.75 Å². The van der Waals surface area contributed by atoms with E-state index >= 15 is 0 Å². The number of alkyl halides is 1. The monoisotopic (exact) mass is 350 g/mol. The number of halogens is 1. The second-order valence-electron chi connectivity index (χ2n) is 6.62. The molecule has 0 bridgehead atoms. The summed E-state index contributed by atoms with van der Waals surface area (Å²) in [6.45, 7) is 0. The first-order valence-electron chi connectivity index (χ1n) is 7.86. The molecule has 0 aromatic carbocycles. The molecule has 0 N–H and O–H groups in total. The predicted molar refractivity (Wildman–Crippen MR) is 84.6 cm³/mol. The van der Waals surface area contributed by atoms with Gasteiger partial charge in [-0.05, 0) is 31.1 Å². The summed E-state index contributed by atoms with van der Waals surface area (Å²) in [5, 5.41) is 0.812. The smallest absolute Gasteiger partial charge is 0.153 e. The number of hydrogen-bond donors (Lipinski definition) is 0. The van der Waals surface area contributed by atoms with Gasteiger partial charge in [0.15, 0.2) is 9.84 Å². The van der Waals surface area contributed by atoms with Crippen molar-refractivity contribution in [3.63, 3.8) is 0 Å². The molecule has 0 aromatic heterocycles. The van der Waals surface area contributed by atoms with Gasteiger partial charge in [0.2, 0.25) is 0 Å². The van der Waals surface area contributed by atoms with Gasteiger partial charge in [-0.2, -0.15) is 0 Å². The first kappa shape index (κ1) is 15.8. The van der Waals surface area contributed by atoms with Crippen molar-refractivity contribution in [3.05, 3.63) is 0 Å². The summed E-state index contributed by atoms with van der Waals surface area (Å²) in [6.07, 6.45) is 12.4. The van der Waals surface area contributed by atoms with Crippen LogP contribution in [0.1, 0.15) is 70.6 Å². The van der Waals surface area contributed by atoms with Crippen molar-refractivity contribution in [1.29, 1.82) is 0 Å². The average molecular weight is 351 g/mol. The molecule has 2 aliphatic rings. The largest absolute Gasteiger partial charge is 0.229 e. The Morgan fingerprint density at radius 2 is 1.42 bits per heavy atom. The lowest BCUT2D eigenvalue weighted by molar-refractivity contribution is 0.324. The molecule has 0 spiro atoms. The van der Waals surface area contributed by atoms with Crippen LogP contribution in [0.4, 0.5) is 0 Å². The number of sulfone groups is 1. The maximum Gasteiger partial charge on any atom is 0.153 e. The molecule has 2 fully saturated rings. The van der Waals surface area contributed by atoms with Gasteiger partial charge in [-0.3, -0.25) is 0 Å². The van der Waals surface area contributed by atoms with E-state index in [-0.39, 0.29) is 10.7 Å². The van der Waals surface area contributed by atoms with Gasteiger partial charge in [0, 0.05) is 5.33 Å². The lowest BCUT2D eigenvalue weighted by Crippen LogP contribution is -2.37. The topological polar surface area (TPSA) is 34.1 Å². The third-order valence-corrected chi connectivity index (χ3v) is 8.71. The van der Waals surface area contributed by atoms with E-state index in [1.54, 1.807) is 0 Å². The molecule has 0 unspecified atom stereocenters. The summed E-state index contributed by atoms with van der Waals surface area (Å²) < 4.78 is 25.4. The fraction of sp³-hybridized carbons (Fsp3) is 1.00. The third-order valence-electron chi connectivity index (χ3n) is 5.02. The average Bonchev–Trinajstić information content (AvgIpc) is 2.65. The Morgan fingerprint density at radius 3 is 1.95 bits per heavy atom. The molecule has 0 aliphatic heterocycles. The summed E-state index contributed by atoms with van der Waals surface area (Å²) in [7, 11) is -2.90. The van der Waals surface area contributed by atoms with Crippen LogP contribution in [0, 0.1) is 5.41 Å². The van der Waals surface area contributed by atoms with Gasteiger partial charge in [-0.1, -0.05) is 60.9 Å². The van der Waals surface area contributed by atoms with E-state index in [1.165, 1.54) is 32.1 Å². The zero-order valence-corrected chi connectivity index (χ0v) is 14.3. The number of hydrogen-bond acceptors (Lipinski definition) is 2. The zero-order chi connectivity index (χ0) is 13.8. The predicted octanol–water partition coefficient (Wildman–Crippen LogP) is 4.47. The molecule has 0 heterocycles. The molecule has 0 radical (unpaired) electrons. The Bertz CT molecular complexity index is 364. The second kappa shape index (κ2) is 6.93. The quantitative estimate of drug-likeness (QED) is 0.553. The Morgan fingerprint density at radius 1 is 0.895 bits per heavy atom. The summed E-state index contributed by atoms with van der Waals surface area (Å²) in [5.41, 5.74) is 0.0206. The molecule has 0 atom stereocenters. The summed E-state index contributed by atoms with van der Waals surface area (Å²) in [5.74, 6) is 0.427. The van der Waals surface area contributed by atoms with Gasteiger partial charge in [0.1, 0.15) is 0 Å². The molecule has 2 nitrogen and oxygen atoms in total. The summed E-state index contributed by atoms with van der Waals surface area (Å²) in [6, 6.07) is 0. The van der Waals surface area contributed by atoms with Crippen LogP contribution in [0.25, 0.3) is 0 Å². The van der Waals surface area contributed by atoms with Crippen LogP contribution in [0.5, 0.6) is 0 Å². The van der Waals surface area contributed by atoms with E-state index in [4.69, 9.17) is 0 Å². The van der Waals surface area contributed by atoms with Crippen molar-refractivity contribution in [1.82, 2.24) is 0 Å².